The molecule has 0 bridgehead atoms. The van der Waals surface area contributed by atoms with Gasteiger partial charge in [-0.05, 0) is 38.6 Å². The Balaban J connectivity index is 1.56. The molecule has 2 atom stereocenters. The van der Waals surface area contributed by atoms with Crippen LogP contribution in [0.25, 0.3) is 0 Å². The number of hydrogen-bond donors (Lipinski definition) is 1. The van der Waals surface area contributed by atoms with E-state index >= 15 is 0 Å². The van der Waals surface area contributed by atoms with E-state index in [2.05, 4.69) is 22.0 Å². The van der Waals surface area contributed by atoms with Gasteiger partial charge in [-0.15, -0.1) is 0 Å². The van der Waals surface area contributed by atoms with Crippen LogP contribution in [0.2, 0.25) is 0 Å². The zero-order valence-electron chi connectivity index (χ0n) is 13.4. The Kier molecular flexibility index (Phi) is 4.52. The van der Waals surface area contributed by atoms with E-state index in [9.17, 15) is 4.79 Å². The minimum atomic E-state index is -0.443. The van der Waals surface area contributed by atoms with E-state index in [1.54, 1.807) is 0 Å². The summed E-state index contributed by atoms with van der Waals surface area (Å²) < 4.78 is 5.05. The molecule has 2 unspecified atom stereocenters. The number of methoxy groups -OCH3 is 1. The molecule has 3 aliphatic rings. The lowest BCUT2D eigenvalue weighted by Gasteiger charge is -2.38. The van der Waals surface area contributed by atoms with Crippen LogP contribution in [0.3, 0.4) is 0 Å². The van der Waals surface area contributed by atoms with Crippen molar-refractivity contribution in [2.75, 3.05) is 39.8 Å². The van der Waals surface area contributed by atoms with Gasteiger partial charge < -0.3 is 10.1 Å². The highest BCUT2D eigenvalue weighted by Crippen LogP contribution is 2.35. The van der Waals surface area contributed by atoms with Gasteiger partial charge in [-0.2, -0.15) is 0 Å². The minimum Gasteiger partial charge on any atom is -0.468 e. The number of esters is 1. The molecule has 3 rings (SSSR count). The number of nitrogens with one attached hydrogen (secondary N) is 1. The molecule has 0 spiro atoms. The second kappa shape index (κ2) is 6.23. The molecule has 0 aromatic rings. The molecule has 1 heterocycles. The number of piperazine rings is 1. The minimum absolute atomic E-state index is 0.0801. The molecular formula is C16H29N3O2. The molecule has 2 saturated carbocycles. The van der Waals surface area contributed by atoms with Crippen molar-refractivity contribution in [1.29, 1.82) is 0 Å². The number of carbonyl (C=O) groups is 1. The third-order valence-corrected chi connectivity index (χ3v) is 5.51. The van der Waals surface area contributed by atoms with Gasteiger partial charge in [0.15, 0.2) is 0 Å². The smallest absolute Gasteiger partial charge is 0.326 e. The molecule has 2 aliphatic carbocycles. The fourth-order valence-electron chi connectivity index (χ4n) is 4.19. The molecule has 1 aliphatic heterocycles. The van der Waals surface area contributed by atoms with Gasteiger partial charge in [-0.1, -0.05) is 6.92 Å². The van der Waals surface area contributed by atoms with Crippen LogP contribution >= 0.6 is 0 Å². The zero-order chi connectivity index (χ0) is 14.9. The molecule has 0 amide bonds. The average Bonchev–Trinajstić information content (AvgIpc) is 3.28. The van der Waals surface area contributed by atoms with E-state index in [0.29, 0.717) is 6.04 Å². The molecule has 1 saturated heterocycles. The SMILES string of the molecule is CCNC1(C(=O)OC)CCC(N2CCN(C3CC3)CC2)C1. The van der Waals surface area contributed by atoms with Crippen LogP contribution in [0.4, 0.5) is 0 Å². The van der Waals surface area contributed by atoms with Crippen molar-refractivity contribution in [1.82, 2.24) is 15.1 Å². The van der Waals surface area contributed by atoms with Gasteiger partial charge in [0.25, 0.3) is 0 Å². The van der Waals surface area contributed by atoms with Crippen molar-refractivity contribution in [2.24, 2.45) is 0 Å². The number of hydrogen-bond acceptors (Lipinski definition) is 5. The summed E-state index contributed by atoms with van der Waals surface area (Å²) in [6, 6.07) is 1.41. The van der Waals surface area contributed by atoms with Crippen LogP contribution in [0.15, 0.2) is 0 Å². The highest BCUT2D eigenvalue weighted by molar-refractivity contribution is 5.81. The Bertz CT molecular complexity index is 378. The molecule has 120 valence electrons. The molecular weight excluding hydrogens is 266 g/mol. The Hall–Kier alpha value is -0.650. The van der Waals surface area contributed by atoms with Crippen molar-refractivity contribution < 1.29 is 9.53 Å². The zero-order valence-corrected chi connectivity index (χ0v) is 13.4. The van der Waals surface area contributed by atoms with E-state index in [4.69, 9.17) is 4.74 Å². The highest BCUT2D eigenvalue weighted by Gasteiger charge is 2.47. The lowest BCUT2D eigenvalue weighted by Crippen LogP contribution is -2.54. The van der Waals surface area contributed by atoms with Crippen LogP contribution in [-0.2, 0) is 9.53 Å². The van der Waals surface area contributed by atoms with E-state index in [0.717, 1.165) is 44.9 Å². The van der Waals surface area contributed by atoms with E-state index in [1.165, 1.54) is 33.0 Å². The highest BCUT2D eigenvalue weighted by atomic mass is 16.5. The fraction of sp³-hybridized carbons (Fsp3) is 0.938. The van der Waals surface area contributed by atoms with Crippen LogP contribution < -0.4 is 5.32 Å². The quantitative estimate of drug-likeness (QED) is 0.762. The number of rotatable bonds is 5. The first kappa shape index (κ1) is 15.3. The van der Waals surface area contributed by atoms with Crippen LogP contribution in [0, 0.1) is 0 Å². The first-order valence-corrected chi connectivity index (χ1v) is 8.50. The summed E-state index contributed by atoms with van der Waals surface area (Å²) in [5.74, 6) is -0.0801. The molecule has 5 nitrogen and oxygen atoms in total. The predicted molar refractivity (Wildman–Crippen MR) is 82.2 cm³/mol. The van der Waals surface area contributed by atoms with Gasteiger partial charge in [0.1, 0.15) is 5.54 Å². The first-order valence-electron chi connectivity index (χ1n) is 8.50. The van der Waals surface area contributed by atoms with Gasteiger partial charge in [0, 0.05) is 38.3 Å². The molecule has 0 aromatic carbocycles. The summed E-state index contributed by atoms with van der Waals surface area (Å²) in [5, 5.41) is 3.40. The number of likely N-dealkylation sites (N-methyl/N-ethyl adjacent to an activating group) is 1. The molecule has 3 fully saturated rings. The van der Waals surface area contributed by atoms with Crippen LogP contribution in [-0.4, -0.2) is 73.2 Å². The first-order chi connectivity index (χ1) is 10.2. The Morgan fingerprint density at radius 2 is 1.76 bits per heavy atom. The summed E-state index contributed by atoms with van der Waals surface area (Å²) >= 11 is 0. The second-order valence-electron chi connectivity index (χ2n) is 6.80. The lowest BCUT2D eigenvalue weighted by molar-refractivity contribution is -0.148. The lowest BCUT2D eigenvalue weighted by atomic mass is 9.97. The van der Waals surface area contributed by atoms with Crippen molar-refractivity contribution in [2.45, 2.75) is 56.7 Å². The Morgan fingerprint density at radius 1 is 1.14 bits per heavy atom. The van der Waals surface area contributed by atoms with Crippen molar-refractivity contribution in [3.63, 3.8) is 0 Å². The normalized spacial score (nSPS) is 35.0. The van der Waals surface area contributed by atoms with Crippen molar-refractivity contribution >= 4 is 5.97 Å². The maximum Gasteiger partial charge on any atom is 0.326 e. The molecule has 0 radical (unpaired) electrons. The van der Waals surface area contributed by atoms with Crippen LogP contribution in [0.5, 0.6) is 0 Å². The number of carbonyl (C=O) groups excluding carboxylic acids is 1. The second-order valence-corrected chi connectivity index (χ2v) is 6.80. The van der Waals surface area contributed by atoms with Gasteiger partial charge in [0.2, 0.25) is 0 Å². The van der Waals surface area contributed by atoms with Crippen molar-refractivity contribution in [3.8, 4) is 0 Å². The van der Waals surface area contributed by atoms with Gasteiger partial charge in [0.05, 0.1) is 7.11 Å². The van der Waals surface area contributed by atoms with Gasteiger partial charge >= 0.3 is 5.97 Å². The molecule has 21 heavy (non-hydrogen) atoms. The summed E-state index contributed by atoms with van der Waals surface area (Å²) in [6.45, 7) is 7.60. The predicted octanol–water partition coefficient (Wildman–Crippen LogP) is 0.840. The van der Waals surface area contributed by atoms with Crippen molar-refractivity contribution in [3.05, 3.63) is 0 Å². The average molecular weight is 295 g/mol. The number of nitrogens with zero attached hydrogens (tertiary/aromatic N) is 2. The monoisotopic (exact) mass is 295 g/mol. The maximum absolute atomic E-state index is 12.2. The summed E-state index contributed by atoms with van der Waals surface area (Å²) in [4.78, 5) is 17.4. The third kappa shape index (κ3) is 3.10. The molecule has 0 aromatic heterocycles. The van der Waals surface area contributed by atoms with Gasteiger partial charge in [-0.3, -0.25) is 14.6 Å². The number of ether oxygens (including phenoxy) is 1. The topological polar surface area (TPSA) is 44.8 Å². The summed E-state index contributed by atoms with van der Waals surface area (Å²) in [7, 11) is 1.50. The van der Waals surface area contributed by atoms with Crippen LogP contribution in [0.1, 0.15) is 39.0 Å². The Morgan fingerprint density at radius 3 is 2.29 bits per heavy atom. The molecule has 5 heteroatoms. The van der Waals surface area contributed by atoms with E-state index in [-0.39, 0.29) is 5.97 Å². The van der Waals surface area contributed by atoms with E-state index in [1.807, 2.05) is 0 Å². The third-order valence-electron chi connectivity index (χ3n) is 5.51. The molecule has 1 N–H and O–H groups in total. The van der Waals surface area contributed by atoms with E-state index < -0.39 is 5.54 Å². The maximum atomic E-state index is 12.2. The fourth-order valence-corrected chi connectivity index (χ4v) is 4.19. The summed E-state index contributed by atoms with van der Waals surface area (Å²) in [6.07, 6.45) is 5.70. The standard InChI is InChI=1S/C16H29N3O2/c1-3-17-16(15(20)21-2)7-6-14(12-16)19-10-8-18(9-11-19)13-4-5-13/h13-14,17H,3-12H2,1-2H3. The largest absolute Gasteiger partial charge is 0.468 e. The summed E-state index contributed by atoms with van der Waals surface area (Å²) in [5.41, 5.74) is -0.443. The Labute approximate surface area is 128 Å². The van der Waals surface area contributed by atoms with Gasteiger partial charge in [-0.25, -0.2) is 0 Å².